The van der Waals surface area contributed by atoms with E-state index in [-0.39, 0.29) is 43.4 Å². The second kappa shape index (κ2) is 25.4. The van der Waals surface area contributed by atoms with Crippen molar-refractivity contribution in [3.8, 4) is 0 Å². The fourth-order valence-electron chi connectivity index (χ4n) is 2.82. The van der Waals surface area contributed by atoms with E-state index in [1.165, 1.54) is 24.3 Å². The average molecular weight is 754 g/mol. The van der Waals surface area contributed by atoms with Crippen molar-refractivity contribution < 1.29 is 90.8 Å². The second-order valence-electron chi connectivity index (χ2n) is 8.88. The summed E-state index contributed by atoms with van der Waals surface area (Å²) in [4.78, 5) is 39.9. The van der Waals surface area contributed by atoms with Crippen molar-refractivity contribution in [2.45, 2.75) is 65.8 Å². The molecule has 266 valence electrons. The van der Waals surface area contributed by atoms with E-state index in [0.717, 1.165) is 0 Å². The van der Waals surface area contributed by atoms with Gasteiger partial charge in [0.15, 0.2) is 4.84 Å². The Morgan fingerprint density at radius 3 is 1.32 bits per heavy atom. The van der Waals surface area contributed by atoms with Crippen molar-refractivity contribution in [2.75, 3.05) is 19.8 Å². The van der Waals surface area contributed by atoms with Crippen LogP contribution in [-0.2, 0) is 14.4 Å². The minimum absolute atomic E-state index is 0. The molecule has 1 aromatic carbocycles. The first-order valence-electron chi connectivity index (χ1n) is 12.4. The predicted molar refractivity (Wildman–Crippen MR) is 151 cm³/mol. The molecule has 21 nitrogen and oxygen atoms in total. The standard InChI is InChI=1S/C11H12Cl2N2O5.2C6H12O7.Ca/c12-10(13)11(18)14-8(5-16)9(17)6-1-3-7(4-2-6)15(19)20;2*7-1-2(8)3(9)4(10)5(11)6(12)13;/h1-4,8-10,16-17H,5H2,(H,14,18);2*2-5,7-11H,1H2,(H,12,13);/q;;;+2/p-2/t8-,9-;2*2-,3-,4+,5-;/m111./s1. The first-order chi connectivity index (χ1) is 21.2. The number of aliphatic hydroxyl groups is 12. The van der Waals surface area contributed by atoms with Crippen LogP contribution in [0, 0.1) is 10.1 Å². The van der Waals surface area contributed by atoms with E-state index >= 15 is 0 Å². The third kappa shape index (κ3) is 18.1. The molecule has 13 N–H and O–H groups in total. The third-order valence-corrected chi connectivity index (χ3v) is 5.94. The maximum atomic E-state index is 11.3. The number of aliphatic hydroxyl groups excluding tert-OH is 12. The minimum Gasteiger partial charge on any atom is -0.547 e. The van der Waals surface area contributed by atoms with Gasteiger partial charge in [0.1, 0.15) is 54.9 Å². The Bertz CT molecular complexity index is 1040. The first-order valence-corrected chi connectivity index (χ1v) is 13.3. The number of carbonyl (C=O) groups excluding carboxylic acids is 3. The number of nitro benzene ring substituents is 1. The van der Waals surface area contributed by atoms with E-state index in [1.807, 2.05) is 0 Å². The molecule has 0 aliphatic rings. The van der Waals surface area contributed by atoms with Crippen molar-refractivity contribution in [1.29, 1.82) is 0 Å². The Kier molecular flexibility index (Phi) is 26.9. The number of carboxylic acid groups (broad SMARTS) is 2. The Morgan fingerprint density at radius 2 is 1.06 bits per heavy atom. The summed E-state index contributed by atoms with van der Waals surface area (Å²) in [6.45, 7) is -2.28. The number of nitrogens with zero attached hydrogens (tertiary/aromatic N) is 1. The Morgan fingerprint density at radius 1 is 0.702 bits per heavy atom. The first kappa shape index (κ1) is 49.8. The zero-order valence-corrected chi connectivity index (χ0v) is 27.6. The predicted octanol–water partition coefficient (Wildman–Crippen LogP) is -9.13. The molecule has 0 unspecified atom stereocenters. The molecule has 0 aliphatic carbocycles. The molecule has 0 fully saturated rings. The topological polar surface area (TPSA) is 395 Å². The fourth-order valence-corrected chi connectivity index (χ4v) is 2.95. The molecule has 0 radical (unpaired) electrons. The maximum Gasteiger partial charge on any atom is 2.00 e. The number of carboxylic acids is 2. The van der Waals surface area contributed by atoms with Gasteiger partial charge in [0, 0.05) is 12.1 Å². The molecule has 0 saturated carbocycles. The van der Waals surface area contributed by atoms with E-state index in [2.05, 4.69) is 5.32 Å². The number of nitro groups is 1. The molecule has 0 saturated heterocycles. The Hall–Kier alpha value is -1.61. The van der Waals surface area contributed by atoms with E-state index in [4.69, 9.17) is 79.4 Å². The largest absolute Gasteiger partial charge is 2.00 e. The van der Waals surface area contributed by atoms with Crippen LogP contribution >= 0.6 is 23.2 Å². The van der Waals surface area contributed by atoms with Crippen LogP contribution in [0.4, 0.5) is 5.69 Å². The van der Waals surface area contributed by atoms with Crippen molar-refractivity contribution in [3.05, 3.63) is 39.9 Å². The number of halogens is 2. The molecule has 0 aliphatic heterocycles. The molecule has 0 heterocycles. The number of rotatable bonds is 16. The van der Waals surface area contributed by atoms with Crippen LogP contribution in [0.15, 0.2) is 24.3 Å². The number of alkyl halides is 2. The van der Waals surface area contributed by atoms with E-state index in [0.29, 0.717) is 5.56 Å². The van der Waals surface area contributed by atoms with Gasteiger partial charge in [-0.3, -0.25) is 14.9 Å². The molecule has 1 amide bonds. The van der Waals surface area contributed by atoms with Gasteiger partial charge in [0.25, 0.3) is 11.6 Å². The van der Waals surface area contributed by atoms with Gasteiger partial charge in [-0.05, 0) is 17.7 Å². The summed E-state index contributed by atoms with van der Waals surface area (Å²) in [5.41, 5.74) is 0.169. The molecular formula is C23H34CaCl2N2O19. The molecule has 0 aromatic heterocycles. The zero-order chi connectivity index (χ0) is 36.5. The smallest absolute Gasteiger partial charge is 0.547 e. The molecule has 1 aromatic rings. The van der Waals surface area contributed by atoms with Crippen LogP contribution in [0.1, 0.15) is 11.7 Å². The van der Waals surface area contributed by atoms with Gasteiger partial charge in [-0.1, -0.05) is 23.2 Å². The number of carbonyl (C=O) groups is 3. The van der Waals surface area contributed by atoms with Gasteiger partial charge in [-0.15, -0.1) is 0 Å². The van der Waals surface area contributed by atoms with Gasteiger partial charge in [-0.25, -0.2) is 0 Å². The van der Waals surface area contributed by atoms with Gasteiger partial charge < -0.3 is 86.4 Å². The summed E-state index contributed by atoms with van der Waals surface area (Å²) in [5.74, 6) is -4.71. The number of amides is 1. The van der Waals surface area contributed by atoms with Crippen molar-refractivity contribution in [2.24, 2.45) is 0 Å². The van der Waals surface area contributed by atoms with Crippen LogP contribution in [0.2, 0.25) is 0 Å². The van der Waals surface area contributed by atoms with Crippen molar-refractivity contribution in [1.82, 2.24) is 5.32 Å². The Labute approximate surface area is 304 Å². The minimum atomic E-state index is -2.31. The molecule has 0 bridgehead atoms. The molecule has 24 heteroatoms. The number of aliphatic carboxylic acids is 2. The maximum absolute atomic E-state index is 11.3. The van der Waals surface area contributed by atoms with Gasteiger partial charge >= 0.3 is 37.7 Å². The normalized spacial score (nSPS) is 17.2. The van der Waals surface area contributed by atoms with E-state index < -0.39 is 108 Å². The summed E-state index contributed by atoms with van der Waals surface area (Å²) in [6.07, 6.45) is -17.4. The monoisotopic (exact) mass is 752 g/mol. The number of benzene rings is 1. The van der Waals surface area contributed by atoms with Crippen LogP contribution in [0.5, 0.6) is 0 Å². The second-order valence-corrected chi connectivity index (χ2v) is 9.98. The average Bonchev–Trinajstić information content (AvgIpc) is 3.03. The van der Waals surface area contributed by atoms with Gasteiger partial charge in [-0.2, -0.15) is 0 Å². The van der Waals surface area contributed by atoms with Crippen LogP contribution in [0.25, 0.3) is 0 Å². The SMILES string of the molecule is O=C(N[C@H](CO)[C@H](O)c1ccc([N+](=O)[O-])cc1)C(Cl)Cl.O=C([O-])[C@H](O)[C@@H](O)[C@H](O)[C@H](O)CO.O=C([O-])[C@H](O)[C@@H](O)[C@H](O)[C@H](O)CO.[Ca+2]. The summed E-state index contributed by atoms with van der Waals surface area (Å²) >= 11 is 10.7. The summed E-state index contributed by atoms with van der Waals surface area (Å²) in [7, 11) is 0. The molecule has 1 rings (SSSR count). The van der Waals surface area contributed by atoms with Crippen molar-refractivity contribution in [3.63, 3.8) is 0 Å². The van der Waals surface area contributed by atoms with Crippen LogP contribution in [0.3, 0.4) is 0 Å². The van der Waals surface area contributed by atoms with E-state index in [9.17, 15) is 39.8 Å². The number of nitrogens with one attached hydrogen (secondary N) is 1. The quantitative estimate of drug-likeness (QED) is 0.0322. The fraction of sp³-hybridized carbons (Fsp3) is 0.609. The molecule has 10 atom stereocenters. The van der Waals surface area contributed by atoms with Crippen LogP contribution in [-0.4, -0.2) is 201 Å². The van der Waals surface area contributed by atoms with Gasteiger partial charge in [0.05, 0.1) is 42.7 Å². The number of hydrogen-bond donors (Lipinski definition) is 13. The van der Waals surface area contributed by atoms with Crippen LogP contribution < -0.4 is 15.5 Å². The summed E-state index contributed by atoms with van der Waals surface area (Å²) in [5, 5.41) is 139. The molecule has 47 heavy (non-hydrogen) atoms. The summed E-state index contributed by atoms with van der Waals surface area (Å²) in [6, 6.07) is 4.05. The number of hydrogen-bond acceptors (Lipinski definition) is 19. The zero-order valence-electron chi connectivity index (χ0n) is 23.9. The summed E-state index contributed by atoms with van der Waals surface area (Å²) < 4.78 is 0. The third-order valence-electron chi connectivity index (χ3n) is 5.54. The van der Waals surface area contributed by atoms with Crippen molar-refractivity contribution >= 4 is 84.5 Å². The van der Waals surface area contributed by atoms with Gasteiger partial charge in [0.2, 0.25) is 0 Å². The van der Waals surface area contributed by atoms with E-state index in [1.54, 1.807) is 0 Å². The Balaban J connectivity index is -0.000000637. The molecular weight excluding hydrogens is 719 g/mol. The molecule has 0 spiro atoms. The number of non-ortho nitro benzene ring substituents is 1.